The van der Waals surface area contributed by atoms with Crippen LogP contribution in [0.25, 0.3) is 6.08 Å². The Balaban J connectivity index is 1.68. The maximum Gasteiger partial charge on any atom is 0.335 e. The lowest BCUT2D eigenvalue weighted by atomic mass is 9.79. The van der Waals surface area contributed by atoms with Crippen LogP contribution in [-0.2, 0) is 19.1 Å². The van der Waals surface area contributed by atoms with Gasteiger partial charge in [-0.25, -0.2) is 9.59 Å². The normalized spacial score (nSPS) is 36.2. The van der Waals surface area contributed by atoms with Gasteiger partial charge in [0.05, 0.1) is 19.8 Å². The first kappa shape index (κ1) is 28.7. The highest BCUT2D eigenvalue weighted by Crippen LogP contribution is 2.33. The van der Waals surface area contributed by atoms with E-state index in [1.165, 1.54) is 31.4 Å². The van der Waals surface area contributed by atoms with Crippen molar-refractivity contribution in [3.05, 3.63) is 29.8 Å². The summed E-state index contributed by atoms with van der Waals surface area (Å²) in [7, 11) is 1.32. The van der Waals surface area contributed by atoms with Crippen molar-refractivity contribution < 1.29 is 69.4 Å². The van der Waals surface area contributed by atoms with Crippen LogP contribution < -0.4 is 9.47 Å². The number of carbonyl (C=O) groups is 2. The van der Waals surface area contributed by atoms with Crippen LogP contribution in [-0.4, -0.2) is 121 Å². The van der Waals surface area contributed by atoms with Crippen LogP contribution in [0.2, 0.25) is 0 Å². The maximum absolute atomic E-state index is 12.3. The first-order valence-electron chi connectivity index (χ1n) is 11.3. The first-order chi connectivity index (χ1) is 17.4. The van der Waals surface area contributed by atoms with E-state index in [9.17, 15) is 45.3 Å². The smallest absolute Gasteiger partial charge is 0.335 e. The summed E-state index contributed by atoms with van der Waals surface area (Å²) in [6.45, 7) is -0.631. The van der Waals surface area contributed by atoms with E-state index < -0.39 is 86.0 Å². The molecule has 206 valence electrons. The molecule has 14 heteroatoms. The van der Waals surface area contributed by atoms with E-state index in [0.717, 1.165) is 6.08 Å². The molecule has 0 aromatic heterocycles. The second kappa shape index (κ2) is 11.7. The van der Waals surface area contributed by atoms with E-state index in [4.69, 9.17) is 24.1 Å². The molecule has 0 bridgehead atoms. The van der Waals surface area contributed by atoms with E-state index >= 15 is 0 Å². The lowest BCUT2D eigenvalue weighted by molar-refractivity contribution is -0.277. The standard InChI is InChI=1S/C23H30O14/c1-34-13-6-10(2-4-12(13)36-21-20(30)19(29)18(28)15(9-24)37-21)3-5-16(26)35-14-8-23(33,22(31)32)7-11(25)17(14)27/h2-6,11,14-15,17-21,24-25,27-30,33H,7-9H2,1H3,(H,31,32)/t11-,14-,15+,17-,18+,19-,20+,21+,23+/m1/s1. The number of carboxylic acid groups (broad SMARTS) is 1. The molecule has 1 saturated carbocycles. The fraction of sp³-hybridized carbons (Fsp3) is 0.565. The maximum atomic E-state index is 12.3. The summed E-state index contributed by atoms with van der Waals surface area (Å²) in [5.41, 5.74) is -1.96. The van der Waals surface area contributed by atoms with Crippen molar-refractivity contribution in [3.63, 3.8) is 0 Å². The van der Waals surface area contributed by atoms with Crippen LogP contribution in [0.1, 0.15) is 18.4 Å². The van der Waals surface area contributed by atoms with Crippen LogP contribution in [0, 0.1) is 0 Å². The van der Waals surface area contributed by atoms with Gasteiger partial charge in [-0.05, 0) is 23.8 Å². The van der Waals surface area contributed by atoms with Crippen molar-refractivity contribution in [1.82, 2.24) is 0 Å². The van der Waals surface area contributed by atoms with E-state index in [-0.39, 0.29) is 11.5 Å². The van der Waals surface area contributed by atoms with Gasteiger partial charge in [0.2, 0.25) is 6.29 Å². The SMILES string of the molecule is COc1cc(C=CC(=O)O[C@@H]2C[C@](O)(C(=O)O)C[C@@H](O)[C@H]2O)ccc1O[C@H]1O[C@@H](CO)[C@H](O)[C@@H](O)[C@@H]1O. The Morgan fingerprint density at radius 2 is 1.76 bits per heavy atom. The molecular weight excluding hydrogens is 500 g/mol. The third kappa shape index (κ3) is 6.37. The summed E-state index contributed by atoms with van der Waals surface area (Å²) in [5, 5.41) is 78.5. The van der Waals surface area contributed by atoms with Crippen molar-refractivity contribution in [1.29, 1.82) is 0 Å². The van der Waals surface area contributed by atoms with Gasteiger partial charge in [-0.1, -0.05) is 6.07 Å². The van der Waals surface area contributed by atoms with Crippen LogP contribution in [0.4, 0.5) is 0 Å². The Bertz CT molecular complexity index is 996. The van der Waals surface area contributed by atoms with Gasteiger partial charge < -0.3 is 59.8 Å². The monoisotopic (exact) mass is 530 g/mol. The summed E-state index contributed by atoms with van der Waals surface area (Å²) in [6, 6.07) is 4.32. The van der Waals surface area contributed by atoms with Gasteiger partial charge in [0.1, 0.15) is 36.6 Å². The van der Waals surface area contributed by atoms with Gasteiger partial charge in [0.15, 0.2) is 17.1 Å². The number of carbonyl (C=O) groups excluding carboxylic acids is 1. The fourth-order valence-electron chi connectivity index (χ4n) is 4.07. The number of esters is 1. The van der Waals surface area contributed by atoms with Crippen molar-refractivity contribution in [2.75, 3.05) is 13.7 Å². The first-order valence-corrected chi connectivity index (χ1v) is 11.3. The highest BCUT2D eigenvalue weighted by molar-refractivity contribution is 5.87. The molecule has 9 atom stereocenters. The summed E-state index contributed by atoms with van der Waals surface area (Å²) in [4.78, 5) is 23.5. The van der Waals surface area contributed by atoms with Gasteiger partial charge in [-0.3, -0.25) is 0 Å². The number of methoxy groups -OCH3 is 1. The van der Waals surface area contributed by atoms with Gasteiger partial charge in [0.25, 0.3) is 0 Å². The van der Waals surface area contributed by atoms with Crippen LogP contribution in [0.5, 0.6) is 11.5 Å². The minimum Gasteiger partial charge on any atom is -0.493 e. The molecule has 1 saturated heterocycles. The molecule has 1 aliphatic carbocycles. The molecular formula is C23H30O14. The highest BCUT2D eigenvalue weighted by atomic mass is 16.7. The molecule has 8 N–H and O–H groups in total. The largest absolute Gasteiger partial charge is 0.493 e. The van der Waals surface area contributed by atoms with Crippen molar-refractivity contribution >= 4 is 18.0 Å². The zero-order valence-corrected chi connectivity index (χ0v) is 19.7. The van der Waals surface area contributed by atoms with E-state index in [2.05, 4.69) is 0 Å². The third-order valence-electron chi connectivity index (χ3n) is 6.22. The Kier molecular flexibility index (Phi) is 9.09. The van der Waals surface area contributed by atoms with Crippen LogP contribution >= 0.6 is 0 Å². The Labute approximate surface area is 210 Å². The molecule has 0 unspecified atom stereocenters. The number of hydrogen-bond acceptors (Lipinski definition) is 13. The highest BCUT2D eigenvalue weighted by Gasteiger charge is 2.50. The molecule has 2 fully saturated rings. The summed E-state index contributed by atoms with van der Waals surface area (Å²) in [6.07, 6.45) is -11.1. The fourth-order valence-corrected chi connectivity index (χ4v) is 4.07. The molecule has 1 aromatic rings. The van der Waals surface area contributed by atoms with Gasteiger partial charge in [-0.15, -0.1) is 0 Å². The number of aliphatic hydroxyl groups is 7. The predicted octanol–water partition coefficient (Wildman–Crippen LogP) is -2.87. The lowest BCUT2D eigenvalue weighted by Gasteiger charge is -2.39. The molecule has 0 amide bonds. The van der Waals surface area contributed by atoms with Crippen molar-refractivity contribution in [2.24, 2.45) is 0 Å². The number of aliphatic hydroxyl groups excluding tert-OH is 6. The Hall–Kier alpha value is -2.82. The van der Waals surface area contributed by atoms with Crippen molar-refractivity contribution in [3.8, 4) is 11.5 Å². The molecule has 37 heavy (non-hydrogen) atoms. The number of aliphatic carboxylic acids is 1. The minimum atomic E-state index is -2.36. The molecule has 3 rings (SSSR count). The average Bonchev–Trinajstić information content (AvgIpc) is 2.86. The topological polar surface area (TPSA) is 233 Å². The number of ether oxygens (including phenoxy) is 4. The van der Waals surface area contributed by atoms with Gasteiger partial charge in [0, 0.05) is 18.9 Å². The number of rotatable bonds is 8. The number of benzene rings is 1. The zero-order valence-electron chi connectivity index (χ0n) is 19.7. The minimum absolute atomic E-state index is 0.0684. The molecule has 0 spiro atoms. The second-order valence-electron chi connectivity index (χ2n) is 8.84. The molecule has 0 radical (unpaired) electrons. The summed E-state index contributed by atoms with van der Waals surface area (Å²) >= 11 is 0. The van der Waals surface area contributed by atoms with Crippen molar-refractivity contribution in [2.45, 2.75) is 67.5 Å². The molecule has 1 aromatic carbocycles. The molecule has 2 aliphatic rings. The third-order valence-corrected chi connectivity index (χ3v) is 6.22. The molecule has 1 heterocycles. The number of hydrogen-bond donors (Lipinski definition) is 8. The summed E-state index contributed by atoms with van der Waals surface area (Å²) < 4.78 is 21.2. The van der Waals surface area contributed by atoms with E-state index in [1.807, 2.05) is 0 Å². The van der Waals surface area contributed by atoms with E-state index in [0.29, 0.717) is 5.56 Å². The second-order valence-corrected chi connectivity index (χ2v) is 8.84. The number of carboxylic acids is 1. The van der Waals surface area contributed by atoms with Crippen LogP contribution in [0.15, 0.2) is 24.3 Å². The zero-order chi connectivity index (χ0) is 27.5. The molecule has 1 aliphatic heterocycles. The predicted molar refractivity (Wildman–Crippen MR) is 120 cm³/mol. The van der Waals surface area contributed by atoms with Gasteiger partial charge >= 0.3 is 11.9 Å². The Morgan fingerprint density at radius 1 is 1.05 bits per heavy atom. The summed E-state index contributed by atoms with van der Waals surface area (Å²) in [5.74, 6) is -2.40. The average molecular weight is 530 g/mol. The molecule has 14 nitrogen and oxygen atoms in total. The lowest BCUT2D eigenvalue weighted by Crippen LogP contribution is -2.60. The van der Waals surface area contributed by atoms with E-state index in [1.54, 1.807) is 0 Å². The van der Waals surface area contributed by atoms with Crippen LogP contribution in [0.3, 0.4) is 0 Å². The Morgan fingerprint density at radius 3 is 2.38 bits per heavy atom. The van der Waals surface area contributed by atoms with Gasteiger partial charge in [-0.2, -0.15) is 0 Å². The quantitative estimate of drug-likeness (QED) is 0.125.